The molecule has 1 aromatic heterocycles. The normalized spacial score (nSPS) is 15.7. The van der Waals surface area contributed by atoms with Gasteiger partial charge in [0.25, 0.3) is 17.5 Å². The fourth-order valence-corrected chi connectivity index (χ4v) is 5.54. The molecule has 0 bridgehead atoms. The number of benzene rings is 2. The standard InChI is InChI=1S/C32H35N7O8/c40-29(41)20-26(24-3-1-10-33-21-24)34-31(43)23-6-9-28(27(19-23)35-30(42)22-4-7-25(8-5-22)39(45)46)36-11-2-12-37(14-13-36)32(44)38-15-17-47-18-16-38/h1,3-10,19,21,26H,2,11-18,20H2,(H,34,43)(H,35,42)(H,40,41). The number of non-ortho nitro benzene ring substituents is 1. The zero-order chi connectivity index (χ0) is 33.3. The third-order valence-electron chi connectivity index (χ3n) is 8.01. The number of ether oxygens (including phenoxy) is 1. The monoisotopic (exact) mass is 645 g/mol. The highest BCUT2D eigenvalue weighted by molar-refractivity contribution is 6.07. The third-order valence-corrected chi connectivity index (χ3v) is 8.01. The number of carboxylic acid groups (broad SMARTS) is 1. The molecule has 1 atom stereocenters. The molecule has 3 N–H and O–H groups in total. The van der Waals surface area contributed by atoms with E-state index in [0.717, 1.165) is 0 Å². The van der Waals surface area contributed by atoms with Crippen LogP contribution in [0.2, 0.25) is 0 Å². The van der Waals surface area contributed by atoms with Crippen molar-refractivity contribution < 1.29 is 33.9 Å². The molecule has 15 nitrogen and oxygen atoms in total. The molecule has 2 fully saturated rings. The van der Waals surface area contributed by atoms with Gasteiger partial charge in [0.05, 0.1) is 42.0 Å². The van der Waals surface area contributed by atoms with Crippen LogP contribution in [0.5, 0.6) is 0 Å². The number of aliphatic carboxylic acids is 1. The Bertz CT molecular complexity index is 1610. The number of nitrogens with zero attached hydrogens (tertiary/aromatic N) is 5. The zero-order valence-corrected chi connectivity index (χ0v) is 25.5. The van der Waals surface area contributed by atoms with Crippen LogP contribution in [0.25, 0.3) is 0 Å². The summed E-state index contributed by atoms with van der Waals surface area (Å²) < 4.78 is 5.37. The molecule has 246 valence electrons. The minimum absolute atomic E-state index is 0.0432. The Labute approximate surface area is 270 Å². The van der Waals surface area contributed by atoms with E-state index >= 15 is 0 Å². The van der Waals surface area contributed by atoms with E-state index in [0.29, 0.717) is 75.8 Å². The summed E-state index contributed by atoms with van der Waals surface area (Å²) in [6, 6.07) is 12.4. The predicted molar refractivity (Wildman–Crippen MR) is 170 cm³/mol. The second-order valence-corrected chi connectivity index (χ2v) is 11.1. The number of morpholine rings is 1. The van der Waals surface area contributed by atoms with Crippen LogP contribution in [0.15, 0.2) is 67.0 Å². The molecule has 2 aliphatic rings. The molecule has 0 aliphatic carbocycles. The van der Waals surface area contributed by atoms with E-state index < -0.39 is 28.7 Å². The lowest BCUT2D eigenvalue weighted by Gasteiger charge is -2.32. The Balaban J connectivity index is 1.40. The molecule has 1 unspecified atom stereocenters. The highest BCUT2D eigenvalue weighted by Crippen LogP contribution is 2.30. The van der Waals surface area contributed by atoms with Crippen molar-refractivity contribution in [2.45, 2.75) is 18.9 Å². The van der Waals surface area contributed by atoms with Crippen molar-refractivity contribution in [2.24, 2.45) is 0 Å². The predicted octanol–water partition coefficient (Wildman–Crippen LogP) is 3.15. The van der Waals surface area contributed by atoms with Crippen molar-refractivity contribution in [1.29, 1.82) is 0 Å². The van der Waals surface area contributed by atoms with Crippen LogP contribution in [0.3, 0.4) is 0 Å². The van der Waals surface area contributed by atoms with Crippen LogP contribution in [0, 0.1) is 10.1 Å². The molecule has 2 aromatic carbocycles. The second-order valence-electron chi connectivity index (χ2n) is 11.1. The molecule has 0 saturated carbocycles. The van der Waals surface area contributed by atoms with Gasteiger partial charge in [0.15, 0.2) is 0 Å². The van der Waals surface area contributed by atoms with Crippen LogP contribution in [0.4, 0.5) is 21.9 Å². The number of anilines is 2. The van der Waals surface area contributed by atoms with Crippen molar-refractivity contribution in [2.75, 3.05) is 62.7 Å². The quantitative estimate of drug-likeness (QED) is 0.230. The number of hydrogen-bond acceptors (Lipinski definition) is 9. The topological polar surface area (TPSA) is 188 Å². The smallest absolute Gasteiger partial charge is 0.320 e. The lowest BCUT2D eigenvalue weighted by Crippen LogP contribution is -2.49. The van der Waals surface area contributed by atoms with Crippen molar-refractivity contribution in [3.8, 4) is 0 Å². The summed E-state index contributed by atoms with van der Waals surface area (Å²) in [5, 5.41) is 26.2. The van der Waals surface area contributed by atoms with E-state index in [2.05, 4.69) is 15.6 Å². The Morgan fingerprint density at radius 1 is 0.915 bits per heavy atom. The van der Waals surface area contributed by atoms with Gasteiger partial charge in [-0.3, -0.25) is 29.5 Å². The van der Waals surface area contributed by atoms with E-state index in [9.17, 15) is 34.4 Å². The lowest BCUT2D eigenvalue weighted by atomic mass is 10.0. The van der Waals surface area contributed by atoms with E-state index in [1.807, 2.05) is 9.80 Å². The fourth-order valence-electron chi connectivity index (χ4n) is 5.54. The average Bonchev–Trinajstić information content (AvgIpc) is 3.34. The van der Waals surface area contributed by atoms with E-state index in [-0.39, 0.29) is 29.3 Å². The number of hydrogen-bond donors (Lipinski definition) is 3. The van der Waals surface area contributed by atoms with Crippen LogP contribution in [-0.4, -0.2) is 101 Å². The molecule has 0 spiro atoms. The first-order valence-electron chi connectivity index (χ1n) is 15.2. The van der Waals surface area contributed by atoms with Gasteiger partial charge in [0.2, 0.25) is 0 Å². The summed E-state index contributed by atoms with van der Waals surface area (Å²) in [5.41, 5.74) is 1.63. The Morgan fingerprint density at radius 2 is 1.64 bits per heavy atom. The maximum Gasteiger partial charge on any atom is 0.320 e. The SMILES string of the molecule is O=C(O)CC(NC(=O)c1ccc(N2CCCN(C(=O)N3CCOCC3)CC2)c(NC(=O)c2ccc([N+](=O)[O-])cc2)c1)c1cccnc1. The van der Waals surface area contributed by atoms with Gasteiger partial charge < -0.3 is 35.2 Å². The summed E-state index contributed by atoms with van der Waals surface area (Å²) in [7, 11) is 0. The number of nitro benzene ring substituents is 1. The molecule has 3 heterocycles. The number of carboxylic acids is 1. The molecule has 47 heavy (non-hydrogen) atoms. The van der Waals surface area contributed by atoms with Gasteiger partial charge in [-0.15, -0.1) is 0 Å². The van der Waals surface area contributed by atoms with Crippen molar-refractivity contribution in [3.63, 3.8) is 0 Å². The maximum atomic E-state index is 13.5. The molecule has 2 aliphatic heterocycles. The molecule has 4 amide bonds. The van der Waals surface area contributed by atoms with E-state index in [1.54, 1.807) is 35.4 Å². The van der Waals surface area contributed by atoms with Crippen LogP contribution in [-0.2, 0) is 9.53 Å². The molecular weight excluding hydrogens is 610 g/mol. The number of rotatable bonds is 9. The number of carbonyl (C=O) groups excluding carboxylic acids is 3. The first-order chi connectivity index (χ1) is 22.7. The Kier molecular flexibility index (Phi) is 10.6. The number of pyridine rings is 1. The van der Waals surface area contributed by atoms with Gasteiger partial charge in [-0.05, 0) is 48.4 Å². The summed E-state index contributed by atoms with van der Waals surface area (Å²) in [4.78, 5) is 71.7. The molecule has 3 aromatic rings. The van der Waals surface area contributed by atoms with Crippen LogP contribution in [0.1, 0.15) is 45.2 Å². The van der Waals surface area contributed by atoms with Gasteiger partial charge in [0, 0.05) is 74.9 Å². The number of nitrogens with one attached hydrogen (secondary N) is 2. The average molecular weight is 646 g/mol. The van der Waals surface area contributed by atoms with Crippen molar-refractivity contribution in [1.82, 2.24) is 20.1 Å². The largest absolute Gasteiger partial charge is 0.481 e. The highest BCUT2D eigenvalue weighted by Gasteiger charge is 2.27. The van der Waals surface area contributed by atoms with E-state index in [4.69, 9.17) is 4.74 Å². The van der Waals surface area contributed by atoms with Crippen LogP contribution >= 0.6 is 0 Å². The second kappa shape index (κ2) is 15.1. The number of aromatic nitrogens is 1. The number of carbonyl (C=O) groups is 4. The minimum atomic E-state index is -1.10. The third kappa shape index (κ3) is 8.38. The summed E-state index contributed by atoms with van der Waals surface area (Å²) in [6.07, 6.45) is 3.32. The summed E-state index contributed by atoms with van der Waals surface area (Å²) in [6.45, 7) is 4.11. The van der Waals surface area contributed by atoms with Crippen LogP contribution < -0.4 is 15.5 Å². The first kappa shape index (κ1) is 32.8. The van der Waals surface area contributed by atoms with Gasteiger partial charge in [-0.1, -0.05) is 6.07 Å². The number of nitro groups is 1. The maximum absolute atomic E-state index is 13.5. The number of amides is 4. The van der Waals surface area contributed by atoms with E-state index in [1.165, 1.54) is 36.5 Å². The molecule has 5 rings (SSSR count). The van der Waals surface area contributed by atoms with Gasteiger partial charge in [-0.2, -0.15) is 0 Å². The molecule has 0 radical (unpaired) electrons. The van der Waals surface area contributed by atoms with Gasteiger partial charge >= 0.3 is 12.0 Å². The zero-order valence-electron chi connectivity index (χ0n) is 25.5. The molecular formula is C32H35N7O8. The van der Waals surface area contributed by atoms with Gasteiger partial charge in [-0.25, -0.2) is 4.79 Å². The first-order valence-corrected chi connectivity index (χ1v) is 15.2. The molecule has 2 saturated heterocycles. The lowest BCUT2D eigenvalue weighted by molar-refractivity contribution is -0.384. The molecule has 15 heteroatoms. The summed E-state index contributed by atoms with van der Waals surface area (Å²) >= 11 is 0. The minimum Gasteiger partial charge on any atom is -0.481 e. The summed E-state index contributed by atoms with van der Waals surface area (Å²) in [5.74, 6) is -2.21. The van der Waals surface area contributed by atoms with Crippen molar-refractivity contribution in [3.05, 3.63) is 93.8 Å². The number of urea groups is 1. The van der Waals surface area contributed by atoms with Crippen molar-refractivity contribution >= 4 is 40.9 Å². The van der Waals surface area contributed by atoms with Gasteiger partial charge in [0.1, 0.15) is 0 Å². The Hall–Kier alpha value is -5.57. The Morgan fingerprint density at radius 3 is 2.32 bits per heavy atom. The fraction of sp³-hybridized carbons (Fsp3) is 0.344. The highest BCUT2D eigenvalue weighted by atomic mass is 16.6.